The molecule has 0 aliphatic heterocycles. The van der Waals surface area contributed by atoms with Crippen LogP contribution < -0.4 is 4.90 Å². The maximum absolute atomic E-state index is 9.57. The molecule has 20 heavy (non-hydrogen) atoms. The molecule has 0 atom stereocenters. The van der Waals surface area contributed by atoms with E-state index in [9.17, 15) is 5.11 Å². The Morgan fingerprint density at radius 1 is 1.25 bits per heavy atom. The Kier molecular flexibility index (Phi) is 4.63. The van der Waals surface area contributed by atoms with Crippen LogP contribution in [0.3, 0.4) is 0 Å². The first-order chi connectivity index (χ1) is 9.52. The molecule has 0 spiro atoms. The first kappa shape index (κ1) is 14.8. The lowest BCUT2D eigenvalue weighted by atomic mass is 10.1. The number of aromatic nitrogens is 1. The number of hydrogen-bond donors (Lipinski definition) is 1. The van der Waals surface area contributed by atoms with E-state index in [0.29, 0.717) is 6.54 Å². The van der Waals surface area contributed by atoms with Gasteiger partial charge in [-0.05, 0) is 37.1 Å². The van der Waals surface area contributed by atoms with Crippen molar-refractivity contribution in [3.05, 3.63) is 57.7 Å². The molecule has 1 heterocycles. The summed E-state index contributed by atoms with van der Waals surface area (Å²) >= 11 is 6.20. The second kappa shape index (κ2) is 6.25. The summed E-state index contributed by atoms with van der Waals surface area (Å²) < 4.78 is 0. The Morgan fingerprint density at radius 2 is 1.95 bits per heavy atom. The van der Waals surface area contributed by atoms with E-state index in [1.807, 2.05) is 56.1 Å². The Balaban J connectivity index is 2.34. The molecule has 2 rings (SSSR count). The monoisotopic (exact) mass is 290 g/mol. The number of aliphatic hydroxyl groups is 1. The molecule has 0 bridgehead atoms. The highest BCUT2D eigenvalue weighted by Crippen LogP contribution is 2.25. The van der Waals surface area contributed by atoms with Crippen molar-refractivity contribution in [2.45, 2.75) is 27.0 Å². The topological polar surface area (TPSA) is 36.4 Å². The zero-order chi connectivity index (χ0) is 14.7. The van der Waals surface area contributed by atoms with E-state index in [-0.39, 0.29) is 6.61 Å². The first-order valence-electron chi connectivity index (χ1n) is 6.55. The molecule has 4 heteroatoms. The van der Waals surface area contributed by atoms with Crippen LogP contribution in [0, 0.1) is 13.8 Å². The predicted octanol–water partition coefficient (Wildman–Crippen LogP) is 3.48. The molecule has 0 fully saturated rings. The number of hydrogen-bond acceptors (Lipinski definition) is 3. The van der Waals surface area contributed by atoms with Crippen molar-refractivity contribution < 1.29 is 5.11 Å². The highest BCUT2D eigenvalue weighted by molar-refractivity contribution is 6.31. The normalized spacial score (nSPS) is 10.7. The van der Waals surface area contributed by atoms with Crippen molar-refractivity contribution in [2.75, 3.05) is 11.9 Å². The minimum absolute atomic E-state index is 0.0126. The van der Waals surface area contributed by atoms with Crippen LogP contribution in [0.2, 0.25) is 5.02 Å². The summed E-state index contributed by atoms with van der Waals surface area (Å²) in [5, 5.41) is 10.3. The van der Waals surface area contributed by atoms with E-state index >= 15 is 0 Å². The second-order valence-electron chi connectivity index (χ2n) is 4.99. The van der Waals surface area contributed by atoms with E-state index < -0.39 is 0 Å². The van der Waals surface area contributed by atoms with Gasteiger partial charge in [-0.3, -0.25) is 0 Å². The van der Waals surface area contributed by atoms with Gasteiger partial charge in [-0.15, -0.1) is 0 Å². The molecule has 0 unspecified atom stereocenters. The zero-order valence-electron chi connectivity index (χ0n) is 12.0. The van der Waals surface area contributed by atoms with Gasteiger partial charge in [0.15, 0.2) is 0 Å². The van der Waals surface area contributed by atoms with Gasteiger partial charge in [0.2, 0.25) is 0 Å². The van der Waals surface area contributed by atoms with Gasteiger partial charge in [-0.2, -0.15) is 0 Å². The van der Waals surface area contributed by atoms with Gasteiger partial charge in [0.05, 0.1) is 6.61 Å². The number of anilines is 1. The predicted molar refractivity (Wildman–Crippen MR) is 83.2 cm³/mol. The smallest absolute Gasteiger partial charge is 0.134 e. The molecule has 1 aromatic heterocycles. The standard InChI is InChI=1S/C16H19ClN2O/c1-11-8-12(2)18-16(14(11)10-20)19(3)9-13-6-4-5-7-15(13)17/h4-8,20H,9-10H2,1-3H3. The molecule has 0 saturated heterocycles. The molecule has 0 saturated carbocycles. The highest BCUT2D eigenvalue weighted by Gasteiger charge is 2.13. The van der Waals surface area contributed by atoms with E-state index in [0.717, 1.165) is 33.2 Å². The molecule has 0 aliphatic rings. The highest BCUT2D eigenvalue weighted by atomic mass is 35.5. The fraction of sp³-hybridized carbons (Fsp3) is 0.312. The van der Waals surface area contributed by atoms with Gasteiger partial charge < -0.3 is 10.0 Å². The third-order valence-electron chi connectivity index (χ3n) is 3.34. The van der Waals surface area contributed by atoms with E-state index in [4.69, 9.17) is 11.6 Å². The van der Waals surface area contributed by atoms with Gasteiger partial charge in [0.25, 0.3) is 0 Å². The molecule has 106 valence electrons. The Morgan fingerprint density at radius 3 is 2.60 bits per heavy atom. The summed E-state index contributed by atoms with van der Waals surface area (Å²) in [6.07, 6.45) is 0. The maximum Gasteiger partial charge on any atom is 0.134 e. The van der Waals surface area contributed by atoms with E-state index in [1.54, 1.807) is 0 Å². The number of nitrogens with zero attached hydrogens (tertiary/aromatic N) is 2. The number of halogens is 1. The molecule has 1 aromatic carbocycles. The van der Waals surface area contributed by atoms with Crippen LogP contribution in [0.1, 0.15) is 22.4 Å². The molecule has 3 nitrogen and oxygen atoms in total. The summed E-state index contributed by atoms with van der Waals surface area (Å²) in [5.41, 5.74) is 3.91. The maximum atomic E-state index is 9.57. The summed E-state index contributed by atoms with van der Waals surface area (Å²) in [4.78, 5) is 6.57. The number of pyridine rings is 1. The van der Waals surface area contributed by atoms with Crippen LogP contribution >= 0.6 is 11.6 Å². The van der Waals surface area contributed by atoms with Crippen molar-refractivity contribution in [3.8, 4) is 0 Å². The van der Waals surface area contributed by atoms with Gasteiger partial charge in [0.1, 0.15) is 5.82 Å². The zero-order valence-corrected chi connectivity index (χ0v) is 12.8. The third kappa shape index (κ3) is 3.11. The lowest BCUT2D eigenvalue weighted by Gasteiger charge is -2.23. The summed E-state index contributed by atoms with van der Waals surface area (Å²) in [6, 6.07) is 9.75. The quantitative estimate of drug-likeness (QED) is 0.936. The number of aryl methyl sites for hydroxylation is 2. The number of rotatable bonds is 4. The van der Waals surface area contributed by atoms with Crippen LogP contribution in [0.15, 0.2) is 30.3 Å². The minimum Gasteiger partial charge on any atom is -0.392 e. The first-order valence-corrected chi connectivity index (χ1v) is 6.93. The lowest BCUT2D eigenvalue weighted by Crippen LogP contribution is -2.20. The number of aliphatic hydroxyl groups excluding tert-OH is 1. The lowest BCUT2D eigenvalue weighted by molar-refractivity contribution is 0.281. The van der Waals surface area contributed by atoms with E-state index in [1.165, 1.54) is 0 Å². The van der Waals surface area contributed by atoms with Gasteiger partial charge in [-0.25, -0.2) is 4.98 Å². The van der Waals surface area contributed by atoms with Crippen molar-refractivity contribution in [2.24, 2.45) is 0 Å². The van der Waals surface area contributed by atoms with Crippen molar-refractivity contribution in [1.29, 1.82) is 0 Å². The third-order valence-corrected chi connectivity index (χ3v) is 3.71. The van der Waals surface area contributed by atoms with Crippen molar-refractivity contribution >= 4 is 17.4 Å². The van der Waals surface area contributed by atoms with Gasteiger partial charge in [-0.1, -0.05) is 29.8 Å². The molecule has 0 amide bonds. The summed E-state index contributed by atoms with van der Waals surface area (Å²) in [5.74, 6) is 0.810. The molecule has 1 N–H and O–H groups in total. The van der Waals surface area contributed by atoms with Gasteiger partial charge >= 0.3 is 0 Å². The second-order valence-corrected chi connectivity index (χ2v) is 5.40. The average molecular weight is 291 g/mol. The number of benzene rings is 1. The summed E-state index contributed by atoms with van der Waals surface area (Å²) in [7, 11) is 1.96. The van der Waals surface area contributed by atoms with Crippen LogP contribution in [0.25, 0.3) is 0 Å². The van der Waals surface area contributed by atoms with Crippen LogP contribution in [0.4, 0.5) is 5.82 Å². The average Bonchev–Trinajstić information content (AvgIpc) is 2.40. The van der Waals surface area contributed by atoms with Gasteiger partial charge in [0, 0.05) is 29.9 Å². The van der Waals surface area contributed by atoms with Crippen LogP contribution in [0.5, 0.6) is 0 Å². The Hall–Kier alpha value is -1.58. The molecule has 0 radical (unpaired) electrons. The Labute approximate surface area is 124 Å². The van der Waals surface area contributed by atoms with Crippen LogP contribution in [-0.4, -0.2) is 17.1 Å². The SMILES string of the molecule is Cc1cc(C)c(CO)c(N(C)Cc2ccccc2Cl)n1. The summed E-state index contributed by atoms with van der Waals surface area (Å²) in [6.45, 7) is 4.60. The largest absolute Gasteiger partial charge is 0.392 e. The van der Waals surface area contributed by atoms with Crippen molar-refractivity contribution in [3.63, 3.8) is 0 Å². The molecule has 0 aliphatic carbocycles. The van der Waals surface area contributed by atoms with E-state index in [2.05, 4.69) is 4.98 Å². The minimum atomic E-state index is -0.0126. The molecular formula is C16H19ClN2O. The molecule has 2 aromatic rings. The van der Waals surface area contributed by atoms with Crippen LogP contribution in [-0.2, 0) is 13.2 Å². The Bertz CT molecular complexity index is 613. The molecular weight excluding hydrogens is 272 g/mol. The fourth-order valence-electron chi connectivity index (χ4n) is 2.31. The fourth-order valence-corrected chi connectivity index (χ4v) is 2.51. The van der Waals surface area contributed by atoms with Crippen molar-refractivity contribution in [1.82, 2.24) is 4.98 Å².